The highest BCUT2D eigenvalue weighted by molar-refractivity contribution is 5.78. The average Bonchev–Trinajstić information content (AvgIpc) is 2.70. The van der Waals surface area contributed by atoms with Gasteiger partial charge >= 0.3 is 0 Å². The maximum absolute atomic E-state index is 6.10. The molecule has 1 aliphatic heterocycles. The number of nitrogens with zero attached hydrogens (tertiary/aromatic N) is 2. The highest BCUT2D eigenvalue weighted by Gasteiger charge is 2.24. The maximum Gasteiger partial charge on any atom is 0.188 e. The van der Waals surface area contributed by atoms with Gasteiger partial charge in [0, 0.05) is 18.6 Å². The van der Waals surface area contributed by atoms with E-state index in [0.717, 1.165) is 12.5 Å². The van der Waals surface area contributed by atoms with Crippen molar-refractivity contribution in [2.45, 2.75) is 77.3 Å². The molecule has 4 heteroatoms. The standard InChI is InChI=1S/C17H34N4/c1-14(2)13-21-11-7-10-16(21)12-19-17(18)20-15-8-5-3-4-6-9-15/h14-16H,3-13H2,1-2H3,(H3,18,19,20)/t16-/m1/s1. The van der Waals surface area contributed by atoms with Crippen molar-refractivity contribution in [1.29, 1.82) is 0 Å². The van der Waals surface area contributed by atoms with Crippen molar-refractivity contribution in [3.05, 3.63) is 0 Å². The van der Waals surface area contributed by atoms with Crippen molar-refractivity contribution in [2.75, 3.05) is 19.6 Å². The number of likely N-dealkylation sites (tertiary alicyclic amines) is 1. The van der Waals surface area contributed by atoms with Gasteiger partial charge in [-0.25, -0.2) is 0 Å². The van der Waals surface area contributed by atoms with Crippen LogP contribution in [-0.2, 0) is 0 Å². The second-order valence-electron chi connectivity index (χ2n) is 7.24. The molecule has 2 aliphatic rings. The number of aliphatic imine (C=N–C) groups is 1. The van der Waals surface area contributed by atoms with Gasteiger partial charge in [0.1, 0.15) is 0 Å². The van der Waals surface area contributed by atoms with E-state index in [1.54, 1.807) is 0 Å². The summed E-state index contributed by atoms with van der Waals surface area (Å²) < 4.78 is 0. The predicted octanol–water partition coefficient (Wildman–Crippen LogP) is 2.73. The van der Waals surface area contributed by atoms with Crippen molar-refractivity contribution >= 4 is 5.96 Å². The second kappa shape index (κ2) is 8.62. The van der Waals surface area contributed by atoms with E-state index in [0.29, 0.717) is 18.0 Å². The van der Waals surface area contributed by atoms with Crippen LogP contribution in [0.1, 0.15) is 65.2 Å². The second-order valence-corrected chi connectivity index (χ2v) is 7.24. The lowest BCUT2D eigenvalue weighted by Crippen LogP contribution is -2.41. The molecule has 0 aromatic rings. The van der Waals surface area contributed by atoms with Gasteiger partial charge in [0.05, 0.1) is 6.54 Å². The summed E-state index contributed by atoms with van der Waals surface area (Å²) >= 11 is 0. The molecule has 0 bridgehead atoms. The lowest BCUT2D eigenvalue weighted by molar-refractivity contribution is 0.231. The number of rotatable bonds is 5. The summed E-state index contributed by atoms with van der Waals surface area (Å²) in [4.78, 5) is 7.22. The molecule has 122 valence electrons. The Morgan fingerprint density at radius 1 is 1.14 bits per heavy atom. The van der Waals surface area contributed by atoms with Crippen LogP contribution in [0.2, 0.25) is 0 Å². The maximum atomic E-state index is 6.10. The largest absolute Gasteiger partial charge is 0.370 e. The Morgan fingerprint density at radius 3 is 2.52 bits per heavy atom. The Bertz CT molecular complexity index is 319. The van der Waals surface area contributed by atoms with Crippen LogP contribution < -0.4 is 11.1 Å². The van der Waals surface area contributed by atoms with Crippen LogP contribution >= 0.6 is 0 Å². The van der Waals surface area contributed by atoms with Gasteiger partial charge in [-0.05, 0) is 38.1 Å². The van der Waals surface area contributed by atoms with Gasteiger partial charge in [0.2, 0.25) is 0 Å². The highest BCUT2D eigenvalue weighted by Crippen LogP contribution is 2.19. The first-order valence-corrected chi connectivity index (χ1v) is 8.95. The molecule has 0 aromatic heterocycles. The third-order valence-electron chi connectivity index (χ3n) is 4.78. The summed E-state index contributed by atoms with van der Waals surface area (Å²) in [7, 11) is 0. The van der Waals surface area contributed by atoms with E-state index in [1.165, 1.54) is 64.5 Å². The van der Waals surface area contributed by atoms with Crippen LogP contribution in [-0.4, -0.2) is 42.6 Å². The smallest absolute Gasteiger partial charge is 0.188 e. The molecule has 0 amide bonds. The summed E-state index contributed by atoms with van der Waals surface area (Å²) in [6, 6.07) is 1.15. The minimum Gasteiger partial charge on any atom is -0.370 e. The molecule has 2 rings (SSSR count). The van der Waals surface area contributed by atoms with Gasteiger partial charge in [-0.15, -0.1) is 0 Å². The normalized spacial score (nSPS) is 26.2. The molecular weight excluding hydrogens is 260 g/mol. The fraction of sp³-hybridized carbons (Fsp3) is 0.941. The fourth-order valence-corrected chi connectivity index (χ4v) is 3.69. The molecular formula is C17H34N4. The van der Waals surface area contributed by atoms with Crippen molar-refractivity contribution < 1.29 is 0 Å². The van der Waals surface area contributed by atoms with Crippen LogP contribution in [0.3, 0.4) is 0 Å². The quantitative estimate of drug-likeness (QED) is 0.466. The number of hydrogen-bond donors (Lipinski definition) is 2. The van der Waals surface area contributed by atoms with Crippen molar-refractivity contribution in [1.82, 2.24) is 10.2 Å². The van der Waals surface area contributed by atoms with Crippen molar-refractivity contribution in [2.24, 2.45) is 16.6 Å². The van der Waals surface area contributed by atoms with E-state index in [2.05, 4.69) is 29.1 Å². The molecule has 0 spiro atoms. The first kappa shape index (κ1) is 16.6. The van der Waals surface area contributed by atoms with Gasteiger partial charge in [-0.1, -0.05) is 39.5 Å². The highest BCUT2D eigenvalue weighted by atomic mass is 15.2. The molecule has 1 saturated carbocycles. The van der Waals surface area contributed by atoms with E-state index >= 15 is 0 Å². The van der Waals surface area contributed by atoms with E-state index in [9.17, 15) is 0 Å². The van der Waals surface area contributed by atoms with Gasteiger partial charge in [0.25, 0.3) is 0 Å². The summed E-state index contributed by atoms with van der Waals surface area (Å²) in [6.45, 7) is 7.87. The van der Waals surface area contributed by atoms with E-state index in [1.807, 2.05) is 0 Å². The van der Waals surface area contributed by atoms with E-state index < -0.39 is 0 Å². The van der Waals surface area contributed by atoms with Gasteiger partial charge < -0.3 is 11.1 Å². The number of nitrogens with one attached hydrogen (secondary N) is 1. The summed E-state index contributed by atoms with van der Waals surface area (Å²) in [5, 5.41) is 3.45. The molecule has 0 unspecified atom stereocenters. The molecule has 3 N–H and O–H groups in total. The lowest BCUT2D eigenvalue weighted by atomic mass is 10.1. The monoisotopic (exact) mass is 294 g/mol. The van der Waals surface area contributed by atoms with Crippen LogP contribution in [0.5, 0.6) is 0 Å². The Morgan fingerprint density at radius 2 is 1.86 bits per heavy atom. The first-order chi connectivity index (χ1) is 10.1. The minimum absolute atomic E-state index is 0.548. The average molecular weight is 294 g/mol. The van der Waals surface area contributed by atoms with Crippen LogP contribution in [0, 0.1) is 5.92 Å². The molecule has 1 atom stereocenters. The molecule has 4 nitrogen and oxygen atoms in total. The predicted molar refractivity (Wildman–Crippen MR) is 90.5 cm³/mol. The molecule has 21 heavy (non-hydrogen) atoms. The van der Waals surface area contributed by atoms with E-state index in [-0.39, 0.29) is 0 Å². The first-order valence-electron chi connectivity index (χ1n) is 8.95. The topological polar surface area (TPSA) is 53.6 Å². The molecule has 0 radical (unpaired) electrons. The number of nitrogens with two attached hydrogens (primary N) is 1. The molecule has 0 aromatic carbocycles. The van der Waals surface area contributed by atoms with Crippen molar-refractivity contribution in [3.63, 3.8) is 0 Å². The zero-order valence-corrected chi connectivity index (χ0v) is 14.0. The van der Waals surface area contributed by atoms with Crippen LogP contribution in [0.15, 0.2) is 4.99 Å². The third-order valence-corrected chi connectivity index (χ3v) is 4.78. The van der Waals surface area contributed by atoms with Gasteiger partial charge in [-0.2, -0.15) is 0 Å². The van der Waals surface area contributed by atoms with Crippen molar-refractivity contribution in [3.8, 4) is 0 Å². The zero-order chi connectivity index (χ0) is 15.1. The van der Waals surface area contributed by atoms with E-state index in [4.69, 9.17) is 5.73 Å². The lowest BCUT2D eigenvalue weighted by Gasteiger charge is -2.25. The Hall–Kier alpha value is -0.770. The zero-order valence-electron chi connectivity index (χ0n) is 14.0. The van der Waals surface area contributed by atoms with Crippen LogP contribution in [0.4, 0.5) is 0 Å². The summed E-state index contributed by atoms with van der Waals surface area (Å²) in [6.07, 6.45) is 10.5. The summed E-state index contributed by atoms with van der Waals surface area (Å²) in [5.41, 5.74) is 6.10. The van der Waals surface area contributed by atoms with Gasteiger partial charge in [-0.3, -0.25) is 9.89 Å². The molecule has 1 aliphatic carbocycles. The summed E-state index contributed by atoms with van der Waals surface area (Å²) in [5.74, 6) is 1.40. The Labute approximate surface area is 130 Å². The molecule has 1 heterocycles. The molecule has 1 saturated heterocycles. The Balaban J connectivity index is 1.76. The third kappa shape index (κ3) is 5.85. The fourth-order valence-electron chi connectivity index (χ4n) is 3.69. The number of hydrogen-bond acceptors (Lipinski definition) is 2. The SMILES string of the molecule is CC(C)CN1CCC[C@@H]1CN=C(N)NC1CCCCCC1. The van der Waals surface area contributed by atoms with Gasteiger partial charge in [0.15, 0.2) is 5.96 Å². The Kier molecular flexibility index (Phi) is 6.81. The minimum atomic E-state index is 0.548. The number of guanidine groups is 1. The van der Waals surface area contributed by atoms with Crippen LogP contribution in [0.25, 0.3) is 0 Å². The molecule has 2 fully saturated rings.